The molecule has 0 aliphatic heterocycles. The number of carboxylic acid groups (broad SMARTS) is 1. The minimum absolute atomic E-state index is 0.168. The Morgan fingerprint density at radius 1 is 1.38 bits per heavy atom. The van der Waals surface area contributed by atoms with Gasteiger partial charge in [-0.1, -0.05) is 18.2 Å². The molecular formula is C15H15N2O3S-. The van der Waals surface area contributed by atoms with Crippen molar-refractivity contribution in [1.82, 2.24) is 4.98 Å². The Morgan fingerprint density at radius 3 is 2.76 bits per heavy atom. The molecule has 0 unspecified atom stereocenters. The van der Waals surface area contributed by atoms with Crippen molar-refractivity contribution in [3.8, 4) is 0 Å². The number of carboxylic acids is 1. The second kappa shape index (κ2) is 6.49. The molecule has 0 bridgehead atoms. The lowest BCUT2D eigenvalue weighted by Gasteiger charge is -2.11. The van der Waals surface area contributed by atoms with Crippen molar-refractivity contribution in [3.63, 3.8) is 0 Å². The topological polar surface area (TPSA) is 82.1 Å². The van der Waals surface area contributed by atoms with E-state index in [0.717, 1.165) is 11.3 Å². The molecule has 0 radical (unpaired) electrons. The third kappa shape index (κ3) is 3.88. The van der Waals surface area contributed by atoms with Gasteiger partial charge in [0, 0.05) is 23.5 Å². The van der Waals surface area contributed by atoms with E-state index in [1.807, 2.05) is 31.2 Å². The van der Waals surface area contributed by atoms with Gasteiger partial charge in [-0.25, -0.2) is 4.98 Å². The van der Waals surface area contributed by atoms with E-state index in [-0.39, 0.29) is 12.3 Å². The maximum atomic E-state index is 12.2. The first kappa shape index (κ1) is 15.2. The monoisotopic (exact) mass is 303 g/mol. The molecule has 6 heteroatoms. The molecular weight excluding hydrogens is 288 g/mol. The van der Waals surface area contributed by atoms with Crippen LogP contribution in [-0.2, 0) is 16.0 Å². The van der Waals surface area contributed by atoms with E-state index in [9.17, 15) is 14.7 Å². The van der Waals surface area contributed by atoms with Gasteiger partial charge >= 0.3 is 0 Å². The number of aliphatic carboxylic acids is 1. The molecule has 110 valence electrons. The Morgan fingerprint density at radius 2 is 2.10 bits per heavy atom. The van der Waals surface area contributed by atoms with Crippen molar-refractivity contribution < 1.29 is 14.7 Å². The quantitative estimate of drug-likeness (QED) is 0.907. The number of carbonyl (C=O) groups is 2. The van der Waals surface area contributed by atoms with Crippen molar-refractivity contribution in [2.45, 2.75) is 26.2 Å². The summed E-state index contributed by atoms with van der Waals surface area (Å²) in [5.41, 5.74) is 2.17. The number of rotatable bonds is 5. The Bertz CT molecular complexity index is 666. The Kier molecular flexibility index (Phi) is 4.70. The van der Waals surface area contributed by atoms with Crippen LogP contribution in [0, 0.1) is 6.92 Å². The minimum atomic E-state index is -1.18. The van der Waals surface area contributed by atoms with Gasteiger partial charge in [0.25, 0.3) is 0 Å². The number of hydrogen-bond donors (Lipinski definition) is 1. The smallest absolute Gasteiger partial charge is 0.234 e. The average Bonchev–Trinajstić information content (AvgIpc) is 2.88. The Hall–Kier alpha value is -2.21. The van der Waals surface area contributed by atoms with E-state index < -0.39 is 11.9 Å². The summed E-state index contributed by atoms with van der Waals surface area (Å²) in [6.45, 7) is 3.66. The molecule has 1 aromatic carbocycles. The molecule has 1 N–H and O–H groups in total. The second-order valence-electron chi connectivity index (χ2n) is 4.75. The standard InChI is InChI=1S/C15H16N2O3S/c1-9-5-3-4-6-12(9)17-14(20)10(2)15-16-11(8-21-15)7-13(18)19/h3-6,8,10H,7H2,1-2H3,(H,17,20)(H,18,19)/p-1/t10-/m0/s1. The molecule has 2 aromatic rings. The maximum Gasteiger partial charge on any atom is 0.234 e. The number of nitrogens with zero attached hydrogens (tertiary/aromatic N) is 1. The summed E-state index contributed by atoms with van der Waals surface area (Å²) in [4.78, 5) is 26.9. The van der Waals surface area contributed by atoms with Gasteiger partial charge in [0.15, 0.2) is 0 Å². The highest BCUT2D eigenvalue weighted by molar-refractivity contribution is 7.09. The fourth-order valence-corrected chi connectivity index (χ4v) is 2.69. The summed E-state index contributed by atoms with van der Waals surface area (Å²) < 4.78 is 0. The van der Waals surface area contributed by atoms with Gasteiger partial charge in [-0.05, 0) is 25.5 Å². The zero-order valence-electron chi connectivity index (χ0n) is 11.8. The number of amides is 1. The molecule has 0 fully saturated rings. The van der Waals surface area contributed by atoms with Crippen molar-refractivity contribution >= 4 is 28.9 Å². The lowest BCUT2D eigenvalue weighted by Crippen LogP contribution is -2.24. The number of hydrogen-bond acceptors (Lipinski definition) is 5. The zero-order valence-corrected chi connectivity index (χ0v) is 12.6. The zero-order chi connectivity index (χ0) is 15.4. The van der Waals surface area contributed by atoms with Crippen LogP contribution in [0.15, 0.2) is 29.6 Å². The minimum Gasteiger partial charge on any atom is -0.550 e. The fourth-order valence-electron chi connectivity index (χ4n) is 1.82. The van der Waals surface area contributed by atoms with Gasteiger partial charge in [-0.2, -0.15) is 0 Å². The number of carbonyl (C=O) groups excluding carboxylic acids is 2. The first-order valence-corrected chi connectivity index (χ1v) is 7.36. The van der Waals surface area contributed by atoms with Crippen molar-refractivity contribution in [2.24, 2.45) is 0 Å². The number of thiazole rings is 1. The van der Waals surface area contributed by atoms with Gasteiger partial charge in [0.2, 0.25) is 5.91 Å². The van der Waals surface area contributed by atoms with E-state index in [0.29, 0.717) is 10.7 Å². The van der Waals surface area contributed by atoms with Crippen LogP contribution in [0.2, 0.25) is 0 Å². The summed E-state index contributed by atoms with van der Waals surface area (Å²) in [5, 5.41) is 15.6. The van der Waals surface area contributed by atoms with E-state index in [1.165, 1.54) is 11.3 Å². The van der Waals surface area contributed by atoms with Crippen molar-refractivity contribution in [1.29, 1.82) is 0 Å². The third-order valence-electron chi connectivity index (χ3n) is 3.06. The summed E-state index contributed by atoms with van der Waals surface area (Å²) >= 11 is 1.28. The number of aryl methyl sites for hydroxylation is 1. The number of para-hydroxylation sites is 1. The lowest BCUT2D eigenvalue weighted by atomic mass is 10.1. The highest BCUT2D eigenvalue weighted by Crippen LogP contribution is 2.23. The normalized spacial score (nSPS) is 11.9. The number of nitrogens with one attached hydrogen (secondary N) is 1. The van der Waals surface area contributed by atoms with E-state index in [2.05, 4.69) is 10.3 Å². The molecule has 0 saturated carbocycles. The molecule has 0 aliphatic carbocycles. The predicted molar refractivity (Wildman–Crippen MR) is 79.0 cm³/mol. The molecule has 1 amide bonds. The molecule has 1 heterocycles. The predicted octanol–water partition coefficient (Wildman–Crippen LogP) is 1.49. The van der Waals surface area contributed by atoms with Crippen molar-refractivity contribution in [3.05, 3.63) is 45.9 Å². The fraction of sp³-hybridized carbons (Fsp3) is 0.267. The number of benzene rings is 1. The SMILES string of the molecule is Cc1ccccc1NC(=O)[C@H](C)c1nc(CC(=O)[O-])cs1. The van der Waals surface area contributed by atoms with Gasteiger partial charge in [0.1, 0.15) is 5.01 Å². The molecule has 21 heavy (non-hydrogen) atoms. The van der Waals surface area contributed by atoms with Gasteiger partial charge in [0.05, 0.1) is 11.6 Å². The maximum absolute atomic E-state index is 12.2. The number of aromatic nitrogens is 1. The molecule has 0 saturated heterocycles. The first-order valence-electron chi connectivity index (χ1n) is 6.48. The summed E-state index contributed by atoms with van der Waals surface area (Å²) in [7, 11) is 0. The van der Waals surface area contributed by atoms with Crippen LogP contribution in [-0.4, -0.2) is 16.9 Å². The molecule has 1 aromatic heterocycles. The summed E-state index contributed by atoms with van der Waals surface area (Å²) in [6, 6.07) is 7.51. The van der Waals surface area contributed by atoms with Crippen LogP contribution in [0.3, 0.4) is 0 Å². The molecule has 1 atom stereocenters. The van der Waals surface area contributed by atoms with E-state index >= 15 is 0 Å². The highest BCUT2D eigenvalue weighted by Gasteiger charge is 2.19. The lowest BCUT2D eigenvalue weighted by molar-refractivity contribution is -0.304. The van der Waals surface area contributed by atoms with Crippen LogP contribution in [0.4, 0.5) is 5.69 Å². The Labute approximate surface area is 126 Å². The van der Waals surface area contributed by atoms with Crippen LogP contribution in [0.1, 0.15) is 29.1 Å². The molecule has 5 nitrogen and oxygen atoms in total. The third-order valence-corrected chi connectivity index (χ3v) is 4.14. The summed E-state index contributed by atoms with van der Waals surface area (Å²) in [6.07, 6.45) is -0.233. The second-order valence-corrected chi connectivity index (χ2v) is 5.64. The summed E-state index contributed by atoms with van der Waals surface area (Å²) in [5.74, 6) is -1.78. The van der Waals surface area contributed by atoms with Crippen LogP contribution >= 0.6 is 11.3 Å². The van der Waals surface area contributed by atoms with Crippen LogP contribution in [0.25, 0.3) is 0 Å². The van der Waals surface area contributed by atoms with E-state index in [1.54, 1.807) is 12.3 Å². The van der Waals surface area contributed by atoms with Gasteiger partial charge < -0.3 is 15.2 Å². The van der Waals surface area contributed by atoms with Crippen molar-refractivity contribution in [2.75, 3.05) is 5.32 Å². The highest BCUT2D eigenvalue weighted by atomic mass is 32.1. The largest absolute Gasteiger partial charge is 0.550 e. The Balaban J connectivity index is 2.07. The van der Waals surface area contributed by atoms with Crippen LogP contribution in [0.5, 0.6) is 0 Å². The van der Waals surface area contributed by atoms with Crippen LogP contribution < -0.4 is 10.4 Å². The number of anilines is 1. The average molecular weight is 303 g/mol. The van der Waals surface area contributed by atoms with Gasteiger partial charge in [-0.15, -0.1) is 11.3 Å². The molecule has 0 aliphatic rings. The van der Waals surface area contributed by atoms with E-state index in [4.69, 9.17) is 0 Å². The molecule has 0 spiro atoms. The molecule has 2 rings (SSSR count). The first-order chi connectivity index (χ1) is 9.97. The van der Waals surface area contributed by atoms with Gasteiger partial charge in [-0.3, -0.25) is 4.79 Å².